The van der Waals surface area contributed by atoms with E-state index in [1.807, 2.05) is 30.1 Å². The van der Waals surface area contributed by atoms with Gasteiger partial charge in [0.2, 0.25) is 0 Å². The van der Waals surface area contributed by atoms with Crippen molar-refractivity contribution in [3.05, 3.63) is 77.6 Å². The maximum absolute atomic E-state index is 13.7. The number of carbonyl (C=O) groups is 1. The SMILES string of the molecule is CN(CCn1cc(C(=O)NCc2ccncc2)nn1)Cc1ccccc1F. The monoisotopic (exact) mass is 368 g/mol. The Hall–Kier alpha value is -3.13. The summed E-state index contributed by atoms with van der Waals surface area (Å²) in [5.41, 5.74) is 1.87. The lowest BCUT2D eigenvalue weighted by molar-refractivity contribution is 0.0946. The van der Waals surface area contributed by atoms with Crippen molar-refractivity contribution in [1.29, 1.82) is 0 Å². The zero-order valence-electron chi connectivity index (χ0n) is 15.0. The summed E-state index contributed by atoms with van der Waals surface area (Å²) >= 11 is 0. The summed E-state index contributed by atoms with van der Waals surface area (Å²) in [7, 11) is 1.91. The zero-order chi connectivity index (χ0) is 19.1. The van der Waals surface area contributed by atoms with Crippen LogP contribution < -0.4 is 5.32 Å². The van der Waals surface area contributed by atoms with Crippen LogP contribution in [-0.2, 0) is 19.6 Å². The molecule has 0 unspecified atom stereocenters. The van der Waals surface area contributed by atoms with Gasteiger partial charge >= 0.3 is 0 Å². The van der Waals surface area contributed by atoms with E-state index in [0.29, 0.717) is 31.7 Å². The Morgan fingerprint density at radius 3 is 2.78 bits per heavy atom. The quantitative estimate of drug-likeness (QED) is 0.657. The third kappa shape index (κ3) is 5.42. The van der Waals surface area contributed by atoms with Gasteiger partial charge in [-0.05, 0) is 30.8 Å². The van der Waals surface area contributed by atoms with Crippen LogP contribution in [0.1, 0.15) is 21.6 Å². The molecule has 0 aliphatic carbocycles. The number of pyridine rings is 1. The Balaban J connectivity index is 1.47. The van der Waals surface area contributed by atoms with Crippen LogP contribution in [0.4, 0.5) is 4.39 Å². The fraction of sp³-hybridized carbons (Fsp3) is 0.263. The second kappa shape index (κ2) is 9.00. The molecule has 3 rings (SSSR count). The van der Waals surface area contributed by atoms with Crippen LogP contribution in [0.5, 0.6) is 0 Å². The number of benzene rings is 1. The molecule has 0 spiro atoms. The van der Waals surface area contributed by atoms with E-state index < -0.39 is 0 Å². The van der Waals surface area contributed by atoms with Gasteiger partial charge in [0.15, 0.2) is 5.69 Å². The summed E-state index contributed by atoms with van der Waals surface area (Å²) in [5.74, 6) is -0.490. The number of halogens is 1. The van der Waals surface area contributed by atoms with Crippen molar-refractivity contribution in [3.63, 3.8) is 0 Å². The molecule has 0 bridgehead atoms. The van der Waals surface area contributed by atoms with Crippen LogP contribution in [0, 0.1) is 5.82 Å². The van der Waals surface area contributed by atoms with E-state index in [4.69, 9.17) is 0 Å². The van der Waals surface area contributed by atoms with E-state index in [-0.39, 0.29) is 17.4 Å². The summed E-state index contributed by atoms with van der Waals surface area (Å²) in [6.45, 7) is 2.10. The topological polar surface area (TPSA) is 75.9 Å². The zero-order valence-corrected chi connectivity index (χ0v) is 15.0. The number of nitrogens with zero attached hydrogens (tertiary/aromatic N) is 5. The van der Waals surface area contributed by atoms with Crippen molar-refractivity contribution in [2.75, 3.05) is 13.6 Å². The minimum Gasteiger partial charge on any atom is -0.347 e. The molecule has 1 aromatic carbocycles. The van der Waals surface area contributed by atoms with E-state index in [1.165, 1.54) is 6.07 Å². The number of carbonyl (C=O) groups excluding carboxylic acids is 1. The molecule has 0 saturated heterocycles. The average molecular weight is 368 g/mol. The molecular weight excluding hydrogens is 347 g/mol. The van der Waals surface area contributed by atoms with Gasteiger partial charge in [0, 0.05) is 37.6 Å². The molecule has 2 heterocycles. The third-order valence-corrected chi connectivity index (χ3v) is 4.08. The maximum atomic E-state index is 13.7. The first-order chi connectivity index (χ1) is 13.1. The van der Waals surface area contributed by atoms with E-state index in [2.05, 4.69) is 20.6 Å². The van der Waals surface area contributed by atoms with Crippen LogP contribution in [0.15, 0.2) is 55.0 Å². The molecule has 0 atom stereocenters. The van der Waals surface area contributed by atoms with Gasteiger partial charge in [0.25, 0.3) is 5.91 Å². The van der Waals surface area contributed by atoms with E-state index in [9.17, 15) is 9.18 Å². The van der Waals surface area contributed by atoms with Crippen molar-refractivity contribution in [2.45, 2.75) is 19.6 Å². The molecule has 1 N–H and O–H groups in total. The largest absolute Gasteiger partial charge is 0.347 e. The number of likely N-dealkylation sites (N-methyl/N-ethyl adjacent to an activating group) is 1. The summed E-state index contributed by atoms with van der Waals surface area (Å²) in [6.07, 6.45) is 4.96. The van der Waals surface area contributed by atoms with Gasteiger partial charge in [-0.1, -0.05) is 23.4 Å². The maximum Gasteiger partial charge on any atom is 0.273 e. The first-order valence-electron chi connectivity index (χ1n) is 8.61. The molecule has 0 saturated carbocycles. The van der Waals surface area contributed by atoms with Crippen molar-refractivity contribution in [3.8, 4) is 0 Å². The van der Waals surface area contributed by atoms with Crippen molar-refractivity contribution in [2.24, 2.45) is 0 Å². The lowest BCUT2D eigenvalue weighted by atomic mass is 10.2. The normalized spacial score (nSPS) is 10.9. The fourth-order valence-electron chi connectivity index (χ4n) is 2.55. The van der Waals surface area contributed by atoms with E-state index in [1.54, 1.807) is 35.4 Å². The number of rotatable bonds is 8. The first kappa shape index (κ1) is 18.7. The molecule has 0 radical (unpaired) electrons. The molecule has 1 amide bonds. The highest BCUT2D eigenvalue weighted by molar-refractivity contribution is 5.91. The van der Waals surface area contributed by atoms with Crippen LogP contribution in [-0.4, -0.2) is 44.4 Å². The molecule has 7 nitrogen and oxygen atoms in total. The number of nitrogens with one attached hydrogen (secondary N) is 1. The Labute approximate surface area is 156 Å². The van der Waals surface area contributed by atoms with E-state index >= 15 is 0 Å². The van der Waals surface area contributed by atoms with E-state index in [0.717, 1.165) is 5.56 Å². The highest BCUT2D eigenvalue weighted by Crippen LogP contribution is 2.08. The van der Waals surface area contributed by atoms with Gasteiger partial charge < -0.3 is 10.2 Å². The summed E-state index contributed by atoms with van der Waals surface area (Å²) in [4.78, 5) is 18.1. The Morgan fingerprint density at radius 1 is 1.22 bits per heavy atom. The number of hydrogen-bond acceptors (Lipinski definition) is 5. The minimum absolute atomic E-state index is 0.210. The Kier molecular flexibility index (Phi) is 6.22. The van der Waals surface area contributed by atoms with Gasteiger partial charge in [0.1, 0.15) is 5.82 Å². The van der Waals surface area contributed by atoms with Gasteiger partial charge in [-0.2, -0.15) is 0 Å². The Morgan fingerprint density at radius 2 is 2.00 bits per heavy atom. The highest BCUT2D eigenvalue weighted by Gasteiger charge is 2.11. The second-order valence-electron chi connectivity index (χ2n) is 6.23. The van der Waals surface area contributed by atoms with Crippen molar-refractivity contribution < 1.29 is 9.18 Å². The smallest absolute Gasteiger partial charge is 0.273 e. The fourth-order valence-corrected chi connectivity index (χ4v) is 2.55. The van der Waals surface area contributed by atoms with Crippen molar-refractivity contribution in [1.82, 2.24) is 30.2 Å². The molecule has 2 aromatic heterocycles. The number of aromatic nitrogens is 4. The highest BCUT2D eigenvalue weighted by atomic mass is 19.1. The Bertz CT molecular complexity index is 883. The molecule has 0 fully saturated rings. The van der Waals surface area contributed by atoms with Crippen LogP contribution in [0.2, 0.25) is 0 Å². The molecular formula is C19H21FN6O. The van der Waals surface area contributed by atoms with Crippen LogP contribution >= 0.6 is 0 Å². The lowest BCUT2D eigenvalue weighted by Crippen LogP contribution is -2.24. The van der Waals surface area contributed by atoms with Crippen LogP contribution in [0.25, 0.3) is 0 Å². The van der Waals surface area contributed by atoms with Gasteiger partial charge in [-0.25, -0.2) is 4.39 Å². The van der Waals surface area contributed by atoms with Gasteiger partial charge in [-0.3, -0.25) is 14.5 Å². The molecule has 0 aliphatic heterocycles. The summed E-state index contributed by atoms with van der Waals surface area (Å²) in [6, 6.07) is 10.4. The van der Waals surface area contributed by atoms with Gasteiger partial charge in [0.05, 0.1) is 12.7 Å². The minimum atomic E-state index is -0.280. The predicted molar refractivity (Wildman–Crippen MR) is 98.2 cm³/mol. The summed E-state index contributed by atoms with van der Waals surface area (Å²) in [5, 5.41) is 10.7. The predicted octanol–water partition coefficient (Wildman–Crippen LogP) is 1.87. The molecule has 0 aliphatic rings. The molecule has 27 heavy (non-hydrogen) atoms. The molecule has 140 valence electrons. The first-order valence-corrected chi connectivity index (χ1v) is 8.61. The molecule has 8 heteroatoms. The number of hydrogen-bond donors (Lipinski definition) is 1. The molecule has 3 aromatic rings. The van der Waals surface area contributed by atoms with Gasteiger partial charge in [-0.15, -0.1) is 5.10 Å². The lowest BCUT2D eigenvalue weighted by Gasteiger charge is -2.16. The average Bonchev–Trinajstić information content (AvgIpc) is 3.16. The van der Waals surface area contributed by atoms with Crippen LogP contribution in [0.3, 0.4) is 0 Å². The summed E-state index contributed by atoms with van der Waals surface area (Å²) < 4.78 is 15.3. The third-order valence-electron chi connectivity index (χ3n) is 4.08. The number of amides is 1. The van der Waals surface area contributed by atoms with Crippen molar-refractivity contribution >= 4 is 5.91 Å². The standard InChI is InChI=1S/C19H21FN6O/c1-25(13-16-4-2-3-5-17(16)20)10-11-26-14-18(23-24-26)19(27)22-12-15-6-8-21-9-7-15/h2-9,14H,10-13H2,1H3,(H,22,27). The second-order valence-corrected chi connectivity index (χ2v) is 6.23.